The van der Waals surface area contributed by atoms with Crippen molar-refractivity contribution in [2.45, 2.75) is 25.6 Å². The Morgan fingerprint density at radius 2 is 2.25 bits per heavy atom. The SMILES string of the molecule is C[C@@H]1OCC[C@@H]1C(=O)N1CCO[C@H](CNc2nccn(C)c2=O)C1. The Balaban J connectivity index is 1.56. The number of anilines is 1. The highest BCUT2D eigenvalue weighted by Crippen LogP contribution is 2.23. The number of morpholine rings is 1. The van der Waals surface area contributed by atoms with Crippen LogP contribution in [0.15, 0.2) is 17.2 Å². The molecule has 1 aromatic heterocycles. The van der Waals surface area contributed by atoms with Crippen LogP contribution in [-0.2, 0) is 21.3 Å². The molecule has 0 radical (unpaired) electrons. The number of aromatic nitrogens is 2. The predicted molar refractivity (Wildman–Crippen MR) is 87.8 cm³/mol. The van der Waals surface area contributed by atoms with Crippen LogP contribution in [0.3, 0.4) is 0 Å². The molecule has 3 rings (SSSR count). The van der Waals surface area contributed by atoms with Crippen molar-refractivity contribution in [1.82, 2.24) is 14.5 Å². The molecule has 2 aliphatic heterocycles. The summed E-state index contributed by atoms with van der Waals surface area (Å²) in [5.74, 6) is 0.381. The van der Waals surface area contributed by atoms with Gasteiger partial charge < -0.3 is 24.3 Å². The van der Waals surface area contributed by atoms with E-state index in [0.29, 0.717) is 38.7 Å². The minimum Gasteiger partial charge on any atom is -0.378 e. The Hall–Kier alpha value is -1.93. The summed E-state index contributed by atoms with van der Waals surface area (Å²) in [6.45, 7) is 4.65. The average Bonchev–Trinajstić information content (AvgIpc) is 3.02. The number of carbonyl (C=O) groups is 1. The van der Waals surface area contributed by atoms with E-state index >= 15 is 0 Å². The number of hydrogen-bond acceptors (Lipinski definition) is 6. The van der Waals surface area contributed by atoms with Gasteiger partial charge in [0.2, 0.25) is 5.91 Å². The number of nitrogens with one attached hydrogen (secondary N) is 1. The number of nitrogens with zero attached hydrogens (tertiary/aromatic N) is 3. The summed E-state index contributed by atoms with van der Waals surface area (Å²) in [6.07, 6.45) is 3.78. The van der Waals surface area contributed by atoms with Crippen molar-refractivity contribution >= 4 is 11.7 Å². The van der Waals surface area contributed by atoms with E-state index in [0.717, 1.165) is 6.42 Å². The van der Waals surface area contributed by atoms with Crippen molar-refractivity contribution in [2.24, 2.45) is 13.0 Å². The van der Waals surface area contributed by atoms with Gasteiger partial charge in [0.05, 0.1) is 24.7 Å². The van der Waals surface area contributed by atoms with Gasteiger partial charge in [-0.25, -0.2) is 4.98 Å². The molecule has 0 aromatic carbocycles. The van der Waals surface area contributed by atoms with Gasteiger partial charge in [0.25, 0.3) is 5.56 Å². The van der Waals surface area contributed by atoms with Crippen molar-refractivity contribution in [3.8, 4) is 0 Å². The number of rotatable bonds is 4. The summed E-state index contributed by atoms with van der Waals surface area (Å²) in [4.78, 5) is 30.5. The van der Waals surface area contributed by atoms with E-state index in [2.05, 4.69) is 10.3 Å². The highest BCUT2D eigenvalue weighted by Gasteiger charge is 2.35. The fourth-order valence-corrected chi connectivity index (χ4v) is 3.16. The molecule has 8 nitrogen and oxygen atoms in total. The Bertz CT molecular complexity index is 647. The standard InChI is InChI=1S/C16H24N4O4/c1-11-13(3-7-23-11)15(21)20-6-8-24-12(10-20)9-18-14-16(22)19(2)5-4-17-14/h4-5,11-13H,3,6-10H2,1-2H3,(H,17,18)/t11-,12+,13-/m0/s1. The van der Waals surface area contributed by atoms with E-state index in [1.54, 1.807) is 19.4 Å². The summed E-state index contributed by atoms with van der Waals surface area (Å²) in [6, 6.07) is 0. The van der Waals surface area contributed by atoms with Crippen LogP contribution in [0.2, 0.25) is 0 Å². The second kappa shape index (κ2) is 7.31. The zero-order chi connectivity index (χ0) is 17.1. The van der Waals surface area contributed by atoms with Crippen LogP contribution in [0.5, 0.6) is 0 Å². The number of amides is 1. The quantitative estimate of drug-likeness (QED) is 0.823. The summed E-state index contributed by atoms with van der Waals surface area (Å²) in [7, 11) is 1.68. The maximum absolute atomic E-state index is 12.6. The summed E-state index contributed by atoms with van der Waals surface area (Å²) < 4.78 is 12.7. The average molecular weight is 336 g/mol. The van der Waals surface area contributed by atoms with Gasteiger partial charge in [0.1, 0.15) is 0 Å². The second-order valence-electron chi connectivity index (χ2n) is 6.32. The number of aryl methyl sites for hydroxylation is 1. The molecule has 1 aromatic rings. The van der Waals surface area contributed by atoms with Crippen LogP contribution in [-0.4, -0.2) is 65.4 Å². The Morgan fingerprint density at radius 3 is 3.00 bits per heavy atom. The van der Waals surface area contributed by atoms with E-state index in [4.69, 9.17) is 9.47 Å². The minimum absolute atomic E-state index is 0.0199. The molecule has 0 unspecified atom stereocenters. The third kappa shape index (κ3) is 3.59. The maximum Gasteiger partial charge on any atom is 0.293 e. The molecule has 0 aliphatic carbocycles. The molecule has 2 aliphatic rings. The lowest BCUT2D eigenvalue weighted by molar-refractivity contribution is -0.144. The van der Waals surface area contributed by atoms with Crippen LogP contribution in [0.25, 0.3) is 0 Å². The molecule has 132 valence electrons. The molecular formula is C16H24N4O4. The fourth-order valence-electron chi connectivity index (χ4n) is 3.16. The van der Waals surface area contributed by atoms with Crippen LogP contribution < -0.4 is 10.9 Å². The predicted octanol–water partition coefficient (Wildman–Crippen LogP) is -0.155. The number of ether oxygens (including phenoxy) is 2. The molecule has 3 atom stereocenters. The van der Waals surface area contributed by atoms with Crippen LogP contribution >= 0.6 is 0 Å². The van der Waals surface area contributed by atoms with E-state index < -0.39 is 0 Å². The monoisotopic (exact) mass is 336 g/mol. The first-order valence-corrected chi connectivity index (χ1v) is 8.33. The van der Waals surface area contributed by atoms with Crippen LogP contribution in [0.4, 0.5) is 5.82 Å². The van der Waals surface area contributed by atoms with Gasteiger partial charge in [-0.15, -0.1) is 0 Å². The molecule has 8 heteroatoms. The van der Waals surface area contributed by atoms with Gasteiger partial charge >= 0.3 is 0 Å². The van der Waals surface area contributed by atoms with Gasteiger partial charge in [0, 0.05) is 45.7 Å². The second-order valence-corrected chi connectivity index (χ2v) is 6.32. The van der Waals surface area contributed by atoms with Gasteiger partial charge in [0.15, 0.2) is 5.82 Å². The fraction of sp³-hybridized carbons (Fsp3) is 0.688. The third-order valence-electron chi connectivity index (χ3n) is 4.66. The topological polar surface area (TPSA) is 85.7 Å². The molecule has 2 saturated heterocycles. The molecule has 24 heavy (non-hydrogen) atoms. The zero-order valence-corrected chi connectivity index (χ0v) is 14.1. The maximum atomic E-state index is 12.6. The van der Waals surface area contributed by atoms with E-state index in [1.165, 1.54) is 4.57 Å². The van der Waals surface area contributed by atoms with Crippen molar-refractivity contribution in [3.05, 3.63) is 22.7 Å². The summed E-state index contributed by atoms with van der Waals surface area (Å²) in [5, 5.41) is 3.03. The first kappa shape index (κ1) is 16.9. The van der Waals surface area contributed by atoms with Crippen molar-refractivity contribution < 1.29 is 14.3 Å². The van der Waals surface area contributed by atoms with Crippen LogP contribution in [0, 0.1) is 5.92 Å². The van der Waals surface area contributed by atoms with Gasteiger partial charge in [-0.05, 0) is 13.3 Å². The summed E-state index contributed by atoms with van der Waals surface area (Å²) in [5.41, 5.74) is -0.182. The lowest BCUT2D eigenvalue weighted by atomic mass is 10.0. The van der Waals surface area contributed by atoms with Gasteiger partial charge in [-0.1, -0.05) is 0 Å². The van der Waals surface area contributed by atoms with Crippen molar-refractivity contribution in [3.63, 3.8) is 0 Å². The van der Waals surface area contributed by atoms with E-state index in [-0.39, 0.29) is 29.6 Å². The molecule has 2 fully saturated rings. The van der Waals surface area contributed by atoms with E-state index in [9.17, 15) is 9.59 Å². The first-order valence-electron chi connectivity index (χ1n) is 8.33. The third-order valence-corrected chi connectivity index (χ3v) is 4.66. The highest BCUT2D eigenvalue weighted by atomic mass is 16.5. The number of hydrogen-bond donors (Lipinski definition) is 1. The molecule has 1 N–H and O–H groups in total. The Morgan fingerprint density at radius 1 is 1.42 bits per heavy atom. The molecule has 3 heterocycles. The Labute approximate surface area is 140 Å². The molecule has 0 spiro atoms. The smallest absolute Gasteiger partial charge is 0.293 e. The van der Waals surface area contributed by atoms with Gasteiger partial charge in [-0.3, -0.25) is 9.59 Å². The van der Waals surface area contributed by atoms with Gasteiger partial charge in [-0.2, -0.15) is 0 Å². The van der Waals surface area contributed by atoms with Crippen molar-refractivity contribution in [2.75, 3.05) is 38.2 Å². The van der Waals surface area contributed by atoms with Crippen molar-refractivity contribution in [1.29, 1.82) is 0 Å². The Kier molecular flexibility index (Phi) is 5.15. The molecule has 0 bridgehead atoms. The first-order chi connectivity index (χ1) is 11.6. The lowest BCUT2D eigenvalue weighted by Crippen LogP contribution is -2.50. The summed E-state index contributed by atoms with van der Waals surface area (Å²) >= 11 is 0. The highest BCUT2D eigenvalue weighted by molar-refractivity contribution is 5.79. The molecule has 0 saturated carbocycles. The lowest BCUT2D eigenvalue weighted by Gasteiger charge is -2.35. The molecular weight excluding hydrogens is 312 g/mol. The van der Waals surface area contributed by atoms with Crippen LogP contribution in [0.1, 0.15) is 13.3 Å². The minimum atomic E-state index is -0.182. The largest absolute Gasteiger partial charge is 0.378 e. The zero-order valence-electron chi connectivity index (χ0n) is 14.1. The molecule has 1 amide bonds. The number of carbonyl (C=O) groups excluding carboxylic acids is 1. The van der Waals surface area contributed by atoms with E-state index in [1.807, 2.05) is 11.8 Å². The normalized spacial score (nSPS) is 27.2.